The molecule has 1 aliphatic carbocycles. The van der Waals surface area contributed by atoms with Crippen LogP contribution in [-0.4, -0.2) is 49.6 Å². The maximum Gasteiger partial charge on any atom is 0.230 e. The van der Waals surface area contributed by atoms with Crippen molar-refractivity contribution in [1.29, 1.82) is 0 Å². The number of ether oxygens (including phenoxy) is 1. The Morgan fingerprint density at radius 3 is 2.55 bits per heavy atom. The fraction of sp³-hybridized carbons (Fsp3) is 0.529. The van der Waals surface area contributed by atoms with Crippen molar-refractivity contribution >= 4 is 17.5 Å². The third-order valence-corrected chi connectivity index (χ3v) is 4.90. The standard InChI is InChI=1S/C17H20N2O3/c20-16(18-7-9-22-10-8-18)13-11-14(13)17(21)19-6-5-12-3-1-2-4-15(12)19/h1-4,13-14H,5-11H2. The summed E-state index contributed by atoms with van der Waals surface area (Å²) in [5.41, 5.74) is 2.25. The van der Waals surface area contributed by atoms with E-state index in [9.17, 15) is 9.59 Å². The van der Waals surface area contributed by atoms with Crippen molar-refractivity contribution in [2.24, 2.45) is 11.8 Å². The van der Waals surface area contributed by atoms with Crippen molar-refractivity contribution in [3.8, 4) is 0 Å². The number of carbonyl (C=O) groups is 2. The monoisotopic (exact) mass is 300 g/mol. The van der Waals surface area contributed by atoms with Gasteiger partial charge in [0.05, 0.1) is 25.0 Å². The minimum Gasteiger partial charge on any atom is -0.378 e. The second-order valence-corrected chi connectivity index (χ2v) is 6.25. The highest BCUT2D eigenvalue weighted by Gasteiger charge is 2.51. The maximum atomic E-state index is 12.7. The molecule has 5 heteroatoms. The average molecular weight is 300 g/mol. The quantitative estimate of drug-likeness (QED) is 0.821. The van der Waals surface area contributed by atoms with E-state index >= 15 is 0 Å². The van der Waals surface area contributed by atoms with Crippen LogP contribution in [0.1, 0.15) is 12.0 Å². The first-order chi connectivity index (χ1) is 10.8. The van der Waals surface area contributed by atoms with Gasteiger partial charge in [0.2, 0.25) is 11.8 Å². The number of anilines is 1. The molecular formula is C17H20N2O3. The van der Waals surface area contributed by atoms with Gasteiger partial charge in [-0.05, 0) is 24.5 Å². The molecule has 2 atom stereocenters. The highest BCUT2D eigenvalue weighted by molar-refractivity contribution is 6.02. The van der Waals surface area contributed by atoms with E-state index in [1.807, 2.05) is 28.0 Å². The Bertz CT molecular complexity index is 610. The summed E-state index contributed by atoms with van der Waals surface area (Å²) >= 11 is 0. The van der Waals surface area contributed by atoms with Gasteiger partial charge in [0.25, 0.3) is 0 Å². The predicted octanol–water partition coefficient (Wildman–Crippen LogP) is 1.07. The molecule has 22 heavy (non-hydrogen) atoms. The van der Waals surface area contributed by atoms with Crippen LogP contribution in [0.2, 0.25) is 0 Å². The number of amides is 2. The van der Waals surface area contributed by atoms with E-state index in [0.29, 0.717) is 32.7 Å². The Hall–Kier alpha value is -1.88. The largest absolute Gasteiger partial charge is 0.378 e. The lowest BCUT2D eigenvalue weighted by molar-refractivity contribution is -0.138. The van der Waals surface area contributed by atoms with Crippen LogP contribution in [0.15, 0.2) is 24.3 Å². The number of hydrogen-bond donors (Lipinski definition) is 0. The minimum atomic E-state index is -0.124. The Morgan fingerprint density at radius 1 is 1.00 bits per heavy atom. The maximum absolute atomic E-state index is 12.7. The highest BCUT2D eigenvalue weighted by Crippen LogP contribution is 2.43. The van der Waals surface area contributed by atoms with Gasteiger partial charge in [0, 0.05) is 25.3 Å². The molecule has 5 nitrogen and oxygen atoms in total. The molecule has 2 aliphatic heterocycles. The van der Waals surface area contributed by atoms with Gasteiger partial charge in [0.15, 0.2) is 0 Å². The second-order valence-electron chi connectivity index (χ2n) is 6.25. The molecule has 0 N–H and O–H groups in total. The van der Waals surface area contributed by atoms with E-state index in [2.05, 4.69) is 6.07 Å². The molecular weight excluding hydrogens is 280 g/mol. The fourth-order valence-corrected chi connectivity index (χ4v) is 3.53. The number of fused-ring (bicyclic) bond motifs is 1. The number of nitrogens with zero attached hydrogens (tertiary/aromatic N) is 2. The zero-order valence-corrected chi connectivity index (χ0v) is 12.5. The molecule has 2 fully saturated rings. The summed E-state index contributed by atoms with van der Waals surface area (Å²) in [4.78, 5) is 28.8. The normalized spacial score (nSPS) is 26.7. The molecule has 1 saturated heterocycles. The summed E-state index contributed by atoms with van der Waals surface area (Å²) in [6.07, 6.45) is 1.62. The molecule has 116 valence electrons. The summed E-state index contributed by atoms with van der Waals surface area (Å²) in [6.45, 7) is 3.27. The topological polar surface area (TPSA) is 49.9 Å². The average Bonchev–Trinajstić information content (AvgIpc) is 3.26. The zero-order chi connectivity index (χ0) is 15.1. The van der Waals surface area contributed by atoms with Crippen LogP contribution in [0.5, 0.6) is 0 Å². The first kappa shape index (κ1) is 13.8. The number of benzene rings is 1. The van der Waals surface area contributed by atoms with Crippen molar-refractivity contribution in [2.75, 3.05) is 37.7 Å². The minimum absolute atomic E-state index is 0.113. The predicted molar refractivity (Wildman–Crippen MR) is 81.5 cm³/mol. The Kier molecular flexibility index (Phi) is 3.37. The van der Waals surface area contributed by atoms with E-state index in [1.165, 1.54) is 5.56 Å². The number of rotatable bonds is 2. The third kappa shape index (κ3) is 2.29. The molecule has 1 aromatic carbocycles. The number of carbonyl (C=O) groups excluding carboxylic acids is 2. The summed E-state index contributed by atoms with van der Waals surface area (Å²) in [5.74, 6) is 0.0190. The van der Waals surface area contributed by atoms with Crippen LogP contribution in [0.4, 0.5) is 5.69 Å². The molecule has 0 radical (unpaired) electrons. The van der Waals surface area contributed by atoms with E-state index in [4.69, 9.17) is 4.74 Å². The molecule has 2 heterocycles. The molecule has 4 rings (SSSR count). The van der Waals surface area contributed by atoms with Crippen LogP contribution in [0.25, 0.3) is 0 Å². The van der Waals surface area contributed by atoms with Gasteiger partial charge in [-0.25, -0.2) is 0 Å². The van der Waals surface area contributed by atoms with Gasteiger partial charge in [0.1, 0.15) is 0 Å². The molecule has 0 spiro atoms. The lowest BCUT2D eigenvalue weighted by atomic mass is 10.2. The van der Waals surface area contributed by atoms with Gasteiger partial charge < -0.3 is 14.5 Å². The van der Waals surface area contributed by atoms with Crippen molar-refractivity contribution < 1.29 is 14.3 Å². The fourth-order valence-electron chi connectivity index (χ4n) is 3.53. The first-order valence-electron chi connectivity index (χ1n) is 8.01. The van der Waals surface area contributed by atoms with Crippen LogP contribution in [0.3, 0.4) is 0 Å². The van der Waals surface area contributed by atoms with Gasteiger partial charge in [-0.3, -0.25) is 9.59 Å². The van der Waals surface area contributed by atoms with E-state index in [1.54, 1.807) is 0 Å². The lowest BCUT2D eigenvalue weighted by Crippen LogP contribution is -2.42. The molecule has 3 aliphatic rings. The summed E-state index contributed by atoms with van der Waals surface area (Å²) < 4.78 is 5.28. The van der Waals surface area contributed by atoms with Gasteiger partial charge in [-0.15, -0.1) is 0 Å². The van der Waals surface area contributed by atoms with Crippen molar-refractivity contribution in [2.45, 2.75) is 12.8 Å². The lowest BCUT2D eigenvalue weighted by Gasteiger charge is -2.27. The number of morpholine rings is 1. The Labute approximate surface area is 129 Å². The molecule has 2 amide bonds. The van der Waals surface area contributed by atoms with Gasteiger partial charge in [-0.2, -0.15) is 0 Å². The van der Waals surface area contributed by atoms with Crippen molar-refractivity contribution in [3.05, 3.63) is 29.8 Å². The van der Waals surface area contributed by atoms with Crippen LogP contribution in [-0.2, 0) is 20.7 Å². The van der Waals surface area contributed by atoms with Crippen LogP contribution >= 0.6 is 0 Å². The summed E-state index contributed by atoms with van der Waals surface area (Å²) in [5, 5.41) is 0. The van der Waals surface area contributed by atoms with E-state index in [-0.39, 0.29) is 23.7 Å². The highest BCUT2D eigenvalue weighted by atomic mass is 16.5. The molecule has 1 saturated carbocycles. The smallest absolute Gasteiger partial charge is 0.230 e. The molecule has 1 aromatic rings. The first-order valence-corrected chi connectivity index (χ1v) is 8.01. The molecule has 0 aromatic heterocycles. The molecule has 0 bridgehead atoms. The zero-order valence-electron chi connectivity index (χ0n) is 12.5. The SMILES string of the molecule is O=C(C1CC1C(=O)N1CCc2ccccc21)N1CCOCC1. The number of hydrogen-bond acceptors (Lipinski definition) is 3. The van der Waals surface area contributed by atoms with E-state index < -0.39 is 0 Å². The van der Waals surface area contributed by atoms with Crippen LogP contribution < -0.4 is 4.90 Å². The number of para-hydroxylation sites is 1. The Morgan fingerprint density at radius 2 is 1.73 bits per heavy atom. The van der Waals surface area contributed by atoms with Crippen LogP contribution in [0, 0.1) is 11.8 Å². The van der Waals surface area contributed by atoms with Gasteiger partial charge in [-0.1, -0.05) is 18.2 Å². The second kappa shape index (κ2) is 5.39. The van der Waals surface area contributed by atoms with Crippen molar-refractivity contribution in [1.82, 2.24) is 4.90 Å². The Balaban J connectivity index is 1.42. The van der Waals surface area contributed by atoms with Crippen molar-refractivity contribution in [3.63, 3.8) is 0 Å². The summed E-state index contributed by atoms with van der Waals surface area (Å²) in [7, 11) is 0. The van der Waals surface area contributed by atoms with Gasteiger partial charge >= 0.3 is 0 Å². The van der Waals surface area contributed by atoms with E-state index in [0.717, 1.165) is 18.7 Å². The third-order valence-electron chi connectivity index (χ3n) is 4.90. The molecule has 2 unspecified atom stereocenters. The summed E-state index contributed by atoms with van der Waals surface area (Å²) in [6, 6.07) is 8.05.